The summed E-state index contributed by atoms with van der Waals surface area (Å²) in [6.45, 7) is 0. The van der Waals surface area contributed by atoms with Crippen LogP contribution in [0.4, 0.5) is 0 Å². The van der Waals surface area contributed by atoms with Crippen molar-refractivity contribution in [2.45, 2.75) is 0 Å². The second kappa shape index (κ2) is 4.42. The summed E-state index contributed by atoms with van der Waals surface area (Å²) in [6, 6.07) is 3.28. The molecule has 0 aromatic heterocycles. The van der Waals surface area contributed by atoms with Crippen molar-refractivity contribution in [2.75, 3.05) is 0 Å². The van der Waals surface area contributed by atoms with Crippen LogP contribution in [0.2, 0.25) is 0 Å². The number of carbonyl (C=O) groups excluding carboxylic acids is 2. The van der Waals surface area contributed by atoms with E-state index in [1.54, 1.807) is 0 Å². The predicted molar refractivity (Wildman–Crippen MR) is 53.8 cm³/mol. The number of hydrogen-bond donors (Lipinski definition) is 1. The zero-order valence-corrected chi connectivity index (χ0v) is 8.67. The van der Waals surface area contributed by atoms with E-state index in [1.165, 1.54) is 0 Å². The van der Waals surface area contributed by atoms with Gasteiger partial charge >= 0.3 is 5.97 Å². The van der Waals surface area contributed by atoms with E-state index in [9.17, 15) is 14.4 Å². The van der Waals surface area contributed by atoms with E-state index in [4.69, 9.17) is 28.3 Å². The maximum atomic E-state index is 10.8. The quantitative estimate of drug-likeness (QED) is 0.830. The molecule has 6 heteroatoms. The number of rotatable bonds is 3. The lowest BCUT2D eigenvalue weighted by Gasteiger charge is -2.00. The van der Waals surface area contributed by atoms with Crippen LogP contribution in [0.25, 0.3) is 0 Å². The molecule has 0 fully saturated rings. The molecule has 0 aliphatic carbocycles. The first-order valence-corrected chi connectivity index (χ1v) is 4.45. The van der Waals surface area contributed by atoms with Crippen LogP contribution in [-0.2, 0) is 0 Å². The topological polar surface area (TPSA) is 71.4 Å². The lowest BCUT2D eigenvalue weighted by Crippen LogP contribution is -2.03. The number of carboxylic acid groups (broad SMARTS) is 1. The van der Waals surface area contributed by atoms with E-state index >= 15 is 0 Å². The smallest absolute Gasteiger partial charge is 0.335 e. The van der Waals surface area contributed by atoms with E-state index in [2.05, 4.69) is 0 Å². The van der Waals surface area contributed by atoms with Crippen molar-refractivity contribution in [3.63, 3.8) is 0 Å². The molecule has 0 bridgehead atoms. The second-order valence-electron chi connectivity index (χ2n) is 2.65. The third-order valence-corrected chi connectivity index (χ3v) is 2.07. The van der Waals surface area contributed by atoms with E-state index < -0.39 is 16.5 Å². The fourth-order valence-electron chi connectivity index (χ4n) is 0.978. The highest BCUT2D eigenvalue weighted by Crippen LogP contribution is 2.14. The van der Waals surface area contributed by atoms with E-state index in [0.717, 1.165) is 18.2 Å². The van der Waals surface area contributed by atoms with Gasteiger partial charge in [-0.1, -0.05) is 0 Å². The van der Waals surface area contributed by atoms with E-state index in [-0.39, 0.29) is 16.7 Å². The summed E-state index contributed by atoms with van der Waals surface area (Å²) in [5, 5.41) is 6.99. The third kappa shape index (κ3) is 2.78. The Balaban J connectivity index is 3.39. The Bertz CT molecular complexity index is 374. The minimum atomic E-state index is -1.27. The fraction of sp³-hybridized carbons (Fsp3) is 0. The highest BCUT2D eigenvalue weighted by atomic mass is 35.5. The average Bonchev–Trinajstić information content (AvgIpc) is 2.16. The fourth-order valence-corrected chi connectivity index (χ4v) is 1.20. The molecule has 0 aliphatic rings. The number of hydrogen-bond acceptors (Lipinski definition) is 3. The molecule has 1 aromatic rings. The summed E-state index contributed by atoms with van der Waals surface area (Å²) in [6.07, 6.45) is 0. The van der Waals surface area contributed by atoms with Crippen LogP contribution in [-0.4, -0.2) is 21.6 Å². The molecule has 78 valence electrons. The van der Waals surface area contributed by atoms with E-state index in [0.29, 0.717) is 0 Å². The van der Waals surface area contributed by atoms with Crippen LogP contribution in [0, 0.1) is 0 Å². The van der Waals surface area contributed by atoms with Crippen LogP contribution in [0.15, 0.2) is 18.2 Å². The summed E-state index contributed by atoms with van der Waals surface area (Å²) < 4.78 is 0. The molecular formula is C9H4Cl2O4. The maximum absolute atomic E-state index is 10.8. The number of carboxylic acids is 1. The van der Waals surface area contributed by atoms with Gasteiger partial charge in [0.15, 0.2) is 0 Å². The molecule has 0 saturated heterocycles. The van der Waals surface area contributed by atoms with E-state index in [1.807, 2.05) is 0 Å². The van der Waals surface area contributed by atoms with Crippen molar-refractivity contribution in [2.24, 2.45) is 0 Å². The van der Waals surface area contributed by atoms with Crippen LogP contribution in [0.5, 0.6) is 0 Å². The molecule has 0 saturated carbocycles. The summed E-state index contributed by atoms with van der Waals surface area (Å²) in [4.78, 5) is 32.3. The van der Waals surface area contributed by atoms with Gasteiger partial charge in [0, 0.05) is 11.1 Å². The summed E-state index contributed by atoms with van der Waals surface area (Å²) in [5.41, 5.74) is -0.383. The van der Waals surface area contributed by atoms with Gasteiger partial charge in [-0.15, -0.1) is 0 Å². The van der Waals surface area contributed by atoms with Crippen molar-refractivity contribution >= 4 is 39.7 Å². The molecule has 0 amide bonds. The summed E-state index contributed by atoms with van der Waals surface area (Å²) in [7, 11) is 0. The van der Waals surface area contributed by atoms with Crippen molar-refractivity contribution in [3.05, 3.63) is 34.9 Å². The Morgan fingerprint density at radius 3 is 1.47 bits per heavy atom. The van der Waals surface area contributed by atoms with Crippen LogP contribution in [0.1, 0.15) is 31.1 Å². The number of aromatic carboxylic acids is 1. The largest absolute Gasteiger partial charge is 0.478 e. The minimum Gasteiger partial charge on any atom is -0.478 e. The number of halogens is 2. The standard InChI is InChI=1S/C9H4Cl2O4/c10-7(12)4-1-5(8(11)13)3-6(2-4)9(14)15/h1-3H,(H,14,15). The van der Waals surface area contributed by atoms with Gasteiger partial charge in [-0.05, 0) is 41.4 Å². The lowest BCUT2D eigenvalue weighted by atomic mass is 10.1. The third-order valence-electron chi connectivity index (χ3n) is 1.63. The van der Waals surface area contributed by atoms with Gasteiger partial charge in [0.1, 0.15) is 0 Å². The Labute approximate surface area is 94.4 Å². The van der Waals surface area contributed by atoms with Gasteiger partial charge in [0.25, 0.3) is 10.5 Å². The van der Waals surface area contributed by atoms with Crippen LogP contribution in [0.3, 0.4) is 0 Å². The Morgan fingerprint density at radius 2 is 1.20 bits per heavy atom. The molecular weight excluding hydrogens is 243 g/mol. The number of benzene rings is 1. The van der Waals surface area contributed by atoms with Crippen LogP contribution >= 0.6 is 23.2 Å². The monoisotopic (exact) mass is 246 g/mol. The molecule has 1 aromatic carbocycles. The average molecular weight is 247 g/mol. The normalized spacial score (nSPS) is 9.73. The first-order chi connectivity index (χ1) is 6.91. The highest BCUT2D eigenvalue weighted by molar-refractivity contribution is 6.69. The lowest BCUT2D eigenvalue weighted by molar-refractivity contribution is 0.0697. The van der Waals surface area contributed by atoms with Gasteiger partial charge in [0.05, 0.1) is 5.56 Å². The zero-order chi connectivity index (χ0) is 11.6. The summed E-state index contributed by atoms with van der Waals surface area (Å²) >= 11 is 10.3. The minimum absolute atomic E-state index is 0.0828. The number of carbonyl (C=O) groups is 3. The predicted octanol–water partition coefficient (Wildman–Crippen LogP) is 2.14. The molecule has 0 heterocycles. The SMILES string of the molecule is O=C(O)c1cc(C(=O)Cl)cc(C(=O)Cl)c1. The molecule has 0 radical (unpaired) electrons. The van der Waals surface area contributed by atoms with Crippen molar-refractivity contribution < 1.29 is 19.5 Å². The molecule has 0 aliphatic heterocycles. The molecule has 1 rings (SSSR count). The summed E-state index contributed by atoms with van der Waals surface area (Å²) in [5.74, 6) is -1.27. The van der Waals surface area contributed by atoms with Crippen molar-refractivity contribution in [3.8, 4) is 0 Å². The van der Waals surface area contributed by atoms with Gasteiger partial charge in [-0.2, -0.15) is 0 Å². The Kier molecular flexibility index (Phi) is 3.44. The maximum Gasteiger partial charge on any atom is 0.335 e. The van der Waals surface area contributed by atoms with Crippen LogP contribution < -0.4 is 0 Å². The first-order valence-electron chi connectivity index (χ1n) is 3.70. The molecule has 4 nitrogen and oxygen atoms in total. The highest BCUT2D eigenvalue weighted by Gasteiger charge is 2.13. The molecule has 0 unspecified atom stereocenters. The second-order valence-corrected chi connectivity index (χ2v) is 3.34. The van der Waals surface area contributed by atoms with Gasteiger partial charge in [-0.3, -0.25) is 9.59 Å². The van der Waals surface area contributed by atoms with Crippen molar-refractivity contribution in [1.29, 1.82) is 0 Å². The Hall–Kier alpha value is -1.39. The molecule has 0 atom stereocenters. The van der Waals surface area contributed by atoms with Gasteiger partial charge < -0.3 is 5.11 Å². The molecule has 15 heavy (non-hydrogen) atoms. The molecule has 1 N–H and O–H groups in total. The Morgan fingerprint density at radius 1 is 0.867 bits per heavy atom. The van der Waals surface area contributed by atoms with Gasteiger partial charge in [-0.25, -0.2) is 4.79 Å². The van der Waals surface area contributed by atoms with Gasteiger partial charge in [0.2, 0.25) is 0 Å². The van der Waals surface area contributed by atoms with Crippen molar-refractivity contribution in [1.82, 2.24) is 0 Å². The zero-order valence-electron chi connectivity index (χ0n) is 7.16. The first kappa shape index (κ1) is 11.7. The molecule has 0 spiro atoms.